The molecule has 0 aliphatic heterocycles. The van der Waals surface area contributed by atoms with E-state index in [2.05, 4.69) is 21.1 Å². The number of allylic oxidation sites excluding steroid dienone is 2. The minimum Gasteiger partial charge on any atom is -0.316 e. The molecule has 1 aliphatic carbocycles. The molecule has 7 heteroatoms. The van der Waals surface area contributed by atoms with E-state index in [1.165, 1.54) is 30.3 Å². The quantitative estimate of drug-likeness (QED) is 0.793. The van der Waals surface area contributed by atoms with Crippen LogP contribution in [0.1, 0.15) is 32.6 Å². The van der Waals surface area contributed by atoms with E-state index in [-0.39, 0.29) is 5.91 Å². The largest absolute Gasteiger partial charge is 0.316 e. The van der Waals surface area contributed by atoms with Crippen molar-refractivity contribution in [3.63, 3.8) is 0 Å². The molecule has 2 aromatic rings. The third kappa shape index (κ3) is 3.30. The summed E-state index contributed by atoms with van der Waals surface area (Å²) in [5, 5.41) is 4.89. The molecule has 6 nitrogen and oxygen atoms in total. The van der Waals surface area contributed by atoms with Crippen molar-refractivity contribution >= 4 is 23.4 Å². The Bertz CT molecular complexity index is 663. The average molecular weight is 317 g/mol. The maximum atomic E-state index is 12.4. The zero-order valence-corrected chi connectivity index (χ0v) is 13.4. The van der Waals surface area contributed by atoms with Crippen LogP contribution >= 0.6 is 11.8 Å². The van der Waals surface area contributed by atoms with Crippen LogP contribution in [-0.4, -0.2) is 42.7 Å². The zero-order valence-electron chi connectivity index (χ0n) is 12.6. The Kier molecular flexibility index (Phi) is 4.72. The number of carbonyl (C=O) groups excluding carboxylic acids is 1. The second kappa shape index (κ2) is 6.91. The highest BCUT2D eigenvalue weighted by Crippen LogP contribution is 2.22. The van der Waals surface area contributed by atoms with Gasteiger partial charge in [0.15, 0.2) is 0 Å². The number of rotatable bonds is 5. The minimum atomic E-state index is 0.118. The van der Waals surface area contributed by atoms with Crippen LogP contribution in [0.4, 0.5) is 0 Å². The second-order valence-electron chi connectivity index (χ2n) is 5.13. The van der Waals surface area contributed by atoms with E-state index in [1.54, 1.807) is 23.0 Å². The third-order valence-corrected chi connectivity index (χ3v) is 4.48. The Morgan fingerprint density at radius 3 is 3.09 bits per heavy atom. The van der Waals surface area contributed by atoms with Crippen molar-refractivity contribution in [2.24, 2.45) is 0 Å². The number of thioether (sulfide) groups is 1. The SMILES string of the molecule is CCN(C(=O)CSc1nc2ncccn2n1)C1=CCCCC1. The molecule has 2 heterocycles. The van der Waals surface area contributed by atoms with Crippen LogP contribution in [0.3, 0.4) is 0 Å². The van der Waals surface area contributed by atoms with Crippen LogP contribution in [-0.2, 0) is 4.79 Å². The Hall–Kier alpha value is -1.89. The molecule has 1 aliphatic rings. The van der Waals surface area contributed by atoms with E-state index in [0.717, 1.165) is 12.8 Å². The van der Waals surface area contributed by atoms with Crippen molar-refractivity contribution in [2.75, 3.05) is 12.3 Å². The summed E-state index contributed by atoms with van der Waals surface area (Å²) in [7, 11) is 0. The van der Waals surface area contributed by atoms with Gasteiger partial charge in [0.2, 0.25) is 11.1 Å². The zero-order chi connectivity index (χ0) is 15.4. The summed E-state index contributed by atoms with van der Waals surface area (Å²) in [5.74, 6) is 1.02. The highest BCUT2D eigenvalue weighted by Gasteiger charge is 2.18. The van der Waals surface area contributed by atoms with Crippen molar-refractivity contribution in [1.29, 1.82) is 0 Å². The molecule has 0 aromatic carbocycles. The highest BCUT2D eigenvalue weighted by atomic mass is 32.2. The number of fused-ring (bicyclic) bond motifs is 1. The average Bonchev–Trinajstić information content (AvgIpc) is 2.97. The summed E-state index contributed by atoms with van der Waals surface area (Å²) in [5.41, 5.74) is 1.17. The maximum absolute atomic E-state index is 12.4. The first kappa shape index (κ1) is 15.0. The van der Waals surface area contributed by atoms with Crippen LogP contribution < -0.4 is 0 Å². The van der Waals surface area contributed by atoms with Gasteiger partial charge in [0.1, 0.15) is 0 Å². The summed E-state index contributed by atoms with van der Waals surface area (Å²) in [6.45, 7) is 2.73. The first-order valence-corrected chi connectivity index (χ1v) is 8.56. The van der Waals surface area contributed by atoms with E-state index in [9.17, 15) is 4.79 Å². The molecule has 0 saturated heterocycles. The molecule has 22 heavy (non-hydrogen) atoms. The first-order chi connectivity index (χ1) is 10.8. The summed E-state index contributed by atoms with van der Waals surface area (Å²) in [6, 6.07) is 1.80. The Labute approximate surface area is 133 Å². The van der Waals surface area contributed by atoms with Gasteiger partial charge in [0, 0.05) is 24.6 Å². The van der Waals surface area contributed by atoms with Gasteiger partial charge in [-0.25, -0.2) is 9.50 Å². The predicted molar refractivity (Wildman–Crippen MR) is 85.4 cm³/mol. The number of amides is 1. The fraction of sp³-hybridized carbons (Fsp3) is 0.467. The third-order valence-electron chi connectivity index (χ3n) is 3.65. The van der Waals surface area contributed by atoms with Gasteiger partial charge in [-0.2, -0.15) is 4.98 Å². The Morgan fingerprint density at radius 2 is 2.36 bits per heavy atom. The van der Waals surface area contributed by atoms with Gasteiger partial charge in [0.05, 0.1) is 5.75 Å². The first-order valence-electron chi connectivity index (χ1n) is 7.57. The number of aromatic nitrogens is 4. The van der Waals surface area contributed by atoms with Gasteiger partial charge in [-0.1, -0.05) is 17.8 Å². The number of nitrogens with zero attached hydrogens (tertiary/aromatic N) is 5. The van der Waals surface area contributed by atoms with Crippen LogP contribution in [0.25, 0.3) is 5.78 Å². The molecular weight excluding hydrogens is 298 g/mol. The lowest BCUT2D eigenvalue weighted by molar-refractivity contribution is -0.126. The minimum absolute atomic E-state index is 0.118. The molecule has 0 saturated carbocycles. The summed E-state index contributed by atoms with van der Waals surface area (Å²) < 4.78 is 1.62. The summed E-state index contributed by atoms with van der Waals surface area (Å²) in [4.78, 5) is 22.8. The van der Waals surface area contributed by atoms with Crippen LogP contribution in [0.5, 0.6) is 0 Å². The highest BCUT2D eigenvalue weighted by molar-refractivity contribution is 7.99. The smallest absolute Gasteiger partial charge is 0.253 e. The number of hydrogen-bond acceptors (Lipinski definition) is 5. The molecule has 2 aromatic heterocycles. The van der Waals surface area contributed by atoms with E-state index in [0.29, 0.717) is 23.2 Å². The number of carbonyl (C=O) groups is 1. The normalized spacial score (nSPS) is 14.9. The molecule has 0 spiro atoms. The van der Waals surface area contributed by atoms with E-state index >= 15 is 0 Å². The lowest BCUT2D eigenvalue weighted by Crippen LogP contribution is -2.32. The molecule has 3 rings (SSSR count). The van der Waals surface area contributed by atoms with Crippen molar-refractivity contribution in [2.45, 2.75) is 37.8 Å². The van der Waals surface area contributed by atoms with E-state index in [1.807, 2.05) is 11.8 Å². The molecule has 0 atom stereocenters. The van der Waals surface area contributed by atoms with Crippen LogP contribution in [0, 0.1) is 0 Å². The molecular formula is C15H19N5OS. The molecule has 1 amide bonds. The van der Waals surface area contributed by atoms with Crippen molar-refractivity contribution in [3.8, 4) is 0 Å². The molecule has 0 unspecified atom stereocenters. The topological polar surface area (TPSA) is 63.4 Å². The lowest BCUT2D eigenvalue weighted by Gasteiger charge is -2.26. The Balaban J connectivity index is 1.64. The second-order valence-corrected chi connectivity index (χ2v) is 6.07. The predicted octanol–water partition coefficient (Wildman–Crippen LogP) is 2.52. The van der Waals surface area contributed by atoms with Crippen LogP contribution in [0.15, 0.2) is 35.4 Å². The lowest BCUT2D eigenvalue weighted by atomic mass is 10.0. The van der Waals surface area contributed by atoms with Gasteiger partial charge >= 0.3 is 0 Å². The fourth-order valence-electron chi connectivity index (χ4n) is 2.59. The van der Waals surface area contributed by atoms with Gasteiger partial charge in [-0.3, -0.25) is 4.79 Å². The van der Waals surface area contributed by atoms with Gasteiger partial charge < -0.3 is 4.90 Å². The van der Waals surface area contributed by atoms with E-state index in [4.69, 9.17) is 0 Å². The summed E-state index contributed by atoms with van der Waals surface area (Å²) in [6.07, 6.45) is 10.1. The van der Waals surface area contributed by atoms with Crippen LogP contribution in [0.2, 0.25) is 0 Å². The van der Waals surface area contributed by atoms with Crippen molar-refractivity contribution in [3.05, 3.63) is 30.2 Å². The summed E-state index contributed by atoms with van der Waals surface area (Å²) >= 11 is 1.36. The van der Waals surface area contributed by atoms with Gasteiger partial charge in [0.25, 0.3) is 5.78 Å². The molecule has 0 radical (unpaired) electrons. The monoisotopic (exact) mass is 317 g/mol. The Morgan fingerprint density at radius 1 is 1.45 bits per heavy atom. The molecule has 0 bridgehead atoms. The standard InChI is InChI=1S/C15H19N5OS/c1-2-19(12-7-4-3-5-8-12)13(21)11-22-15-17-14-16-9-6-10-20(14)18-15/h6-7,9-10H,2-5,8,11H2,1H3. The molecule has 0 N–H and O–H groups in total. The maximum Gasteiger partial charge on any atom is 0.253 e. The fourth-order valence-corrected chi connectivity index (χ4v) is 3.29. The van der Waals surface area contributed by atoms with Gasteiger partial charge in [-0.15, -0.1) is 5.10 Å². The number of hydrogen-bond donors (Lipinski definition) is 0. The molecule has 0 fully saturated rings. The van der Waals surface area contributed by atoms with Crippen molar-refractivity contribution < 1.29 is 4.79 Å². The molecule has 116 valence electrons. The van der Waals surface area contributed by atoms with Crippen molar-refractivity contribution in [1.82, 2.24) is 24.5 Å². The van der Waals surface area contributed by atoms with Gasteiger partial charge in [-0.05, 0) is 38.7 Å². The van der Waals surface area contributed by atoms with E-state index < -0.39 is 0 Å².